The van der Waals surface area contributed by atoms with Crippen LogP contribution in [0.2, 0.25) is 0 Å². The maximum absolute atomic E-state index is 12.0. The van der Waals surface area contributed by atoms with Gasteiger partial charge < -0.3 is 15.0 Å². The van der Waals surface area contributed by atoms with Crippen LogP contribution >= 0.6 is 0 Å². The molecule has 0 amide bonds. The van der Waals surface area contributed by atoms with Crippen molar-refractivity contribution < 1.29 is 9.90 Å². The zero-order chi connectivity index (χ0) is 15.7. The summed E-state index contributed by atoms with van der Waals surface area (Å²) in [7, 11) is 7.23. The highest BCUT2D eigenvalue weighted by Crippen LogP contribution is 2.24. The van der Waals surface area contributed by atoms with Gasteiger partial charge in [-0.2, -0.15) is 0 Å². The number of carbonyl (C=O) groups is 1. The van der Waals surface area contributed by atoms with E-state index in [0.717, 1.165) is 5.56 Å². The minimum absolute atomic E-state index is 0.0471. The van der Waals surface area contributed by atoms with Crippen LogP contribution in [0.4, 0.5) is 11.4 Å². The molecule has 106 valence electrons. The smallest absolute Gasteiger partial charge is 0.339 e. The Hall–Kier alpha value is -2.50. The SMILES string of the molecule is [B]c1ccc(Nc2c(C(=O)O)cn(C)c(=O)c2C)c(C)c1. The zero-order valence-electron chi connectivity index (χ0n) is 12.1. The molecule has 0 saturated heterocycles. The normalized spacial score (nSPS) is 10.4. The van der Waals surface area contributed by atoms with Gasteiger partial charge in [0.15, 0.2) is 0 Å². The maximum Gasteiger partial charge on any atom is 0.339 e. The van der Waals surface area contributed by atoms with E-state index in [-0.39, 0.29) is 11.1 Å². The fourth-order valence-corrected chi connectivity index (χ4v) is 2.18. The number of aromatic nitrogens is 1. The third kappa shape index (κ3) is 2.84. The van der Waals surface area contributed by atoms with E-state index in [4.69, 9.17) is 7.85 Å². The molecule has 6 heteroatoms. The standard InChI is InChI=1S/C15H15BN2O3/c1-8-6-10(16)4-5-12(8)17-13-9(2)14(19)18(3)7-11(13)15(20)21/h4-7,17H,1-3H3,(H,20,21). The second-order valence-electron chi connectivity index (χ2n) is 4.96. The van der Waals surface area contributed by atoms with Crippen molar-refractivity contribution >= 4 is 30.7 Å². The van der Waals surface area contributed by atoms with Gasteiger partial charge in [-0.25, -0.2) is 4.79 Å². The summed E-state index contributed by atoms with van der Waals surface area (Å²) in [6, 6.07) is 5.25. The molecular formula is C15H15BN2O3. The number of carboxylic acids is 1. The summed E-state index contributed by atoms with van der Waals surface area (Å²) in [5, 5.41) is 12.4. The van der Waals surface area contributed by atoms with E-state index in [9.17, 15) is 14.7 Å². The van der Waals surface area contributed by atoms with Crippen LogP contribution in [0.15, 0.2) is 29.2 Å². The van der Waals surface area contributed by atoms with Crippen molar-refractivity contribution in [3.63, 3.8) is 0 Å². The molecule has 0 fully saturated rings. The third-order valence-corrected chi connectivity index (χ3v) is 3.35. The van der Waals surface area contributed by atoms with Crippen molar-refractivity contribution in [1.82, 2.24) is 4.57 Å². The molecule has 5 nitrogen and oxygen atoms in total. The molecule has 1 heterocycles. The molecule has 0 spiro atoms. The number of hydrogen-bond acceptors (Lipinski definition) is 3. The van der Waals surface area contributed by atoms with Gasteiger partial charge in [-0.15, -0.1) is 0 Å². The van der Waals surface area contributed by atoms with Crippen LogP contribution in [0.3, 0.4) is 0 Å². The lowest BCUT2D eigenvalue weighted by Gasteiger charge is -2.16. The molecule has 2 radical (unpaired) electrons. The number of nitrogens with one attached hydrogen (secondary N) is 1. The van der Waals surface area contributed by atoms with Crippen molar-refractivity contribution in [3.05, 3.63) is 51.4 Å². The average molecular weight is 282 g/mol. The number of carboxylic acid groups (broad SMARTS) is 1. The van der Waals surface area contributed by atoms with Gasteiger partial charge in [0.2, 0.25) is 0 Å². The highest BCUT2D eigenvalue weighted by molar-refractivity contribution is 6.32. The van der Waals surface area contributed by atoms with Crippen LogP contribution in [0.25, 0.3) is 0 Å². The number of anilines is 2. The number of rotatable bonds is 3. The Kier molecular flexibility index (Phi) is 3.89. The molecule has 0 aliphatic rings. The van der Waals surface area contributed by atoms with E-state index >= 15 is 0 Å². The monoisotopic (exact) mass is 282 g/mol. The van der Waals surface area contributed by atoms with E-state index in [1.165, 1.54) is 17.8 Å². The molecule has 0 unspecified atom stereocenters. The van der Waals surface area contributed by atoms with Crippen LogP contribution in [0, 0.1) is 13.8 Å². The number of benzene rings is 1. The predicted molar refractivity (Wildman–Crippen MR) is 83.2 cm³/mol. The lowest BCUT2D eigenvalue weighted by molar-refractivity contribution is 0.0697. The molecule has 1 aromatic heterocycles. The highest BCUT2D eigenvalue weighted by atomic mass is 16.4. The van der Waals surface area contributed by atoms with Gasteiger partial charge in [-0.3, -0.25) is 4.79 Å². The third-order valence-electron chi connectivity index (χ3n) is 3.35. The molecule has 2 N–H and O–H groups in total. The average Bonchev–Trinajstić information content (AvgIpc) is 2.41. The molecular weight excluding hydrogens is 267 g/mol. The lowest BCUT2D eigenvalue weighted by atomic mass is 9.94. The molecule has 0 aliphatic carbocycles. The fraction of sp³-hybridized carbons (Fsp3) is 0.200. The Morgan fingerprint density at radius 3 is 2.57 bits per heavy atom. The summed E-state index contributed by atoms with van der Waals surface area (Å²) in [5.41, 5.74) is 2.67. The van der Waals surface area contributed by atoms with Crippen molar-refractivity contribution in [3.8, 4) is 0 Å². The molecule has 0 saturated carbocycles. The van der Waals surface area contributed by atoms with Crippen molar-refractivity contribution in [2.75, 3.05) is 5.32 Å². The maximum atomic E-state index is 12.0. The van der Waals surface area contributed by atoms with Gasteiger partial charge in [0.05, 0.1) is 11.3 Å². The van der Waals surface area contributed by atoms with Gasteiger partial charge in [-0.1, -0.05) is 17.6 Å². The Morgan fingerprint density at radius 1 is 1.33 bits per heavy atom. The predicted octanol–water partition coefficient (Wildman–Crippen LogP) is 1.24. The van der Waals surface area contributed by atoms with Crippen molar-refractivity contribution in [2.45, 2.75) is 13.8 Å². The largest absolute Gasteiger partial charge is 0.478 e. The highest BCUT2D eigenvalue weighted by Gasteiger charge is 2.17. The fourth-order valence-electron chi connectivity index (χ4n) is 2.18. The lowest BCUT2D eigenvalue weighted by Crippen LogP contribution is -2.23. The number of nitrogens with zero attached hydrogens (tertiary/aromatic N) is 1. The molecule has 2 rings (SSSR count). The quantitative estimate of drug-likeness (QED) is 0.831. The van der Waals surface area contributed by atoms with E-state index in [1.807, 2.05) is 6.92 Å². The van der Waals surface area contributed by atoms with E-state index in [1.54, 1.807) is 25.1 Å². The molecule has 2 aromatic rings. The number of aryl methyl sites for hydroxylation is 2. The van der Waals surface area contributed by atoms with E-state index in [2.05, 4.69) is 5.32 Å². The van der Waals surface area contributed by atoms with Crippen LogP contribution in [-0.2, 0) is 7.05 Å². The summed E-state index contributed by atoms with van der Waals surface area (Å²) in [4.78, 5) is 23.4. The van der Waals surface area contributed by atoms with Crippen LogP contribution < -0.4 is 16.3 Å². The van der Waals surface area contributed by atoms with Crippen molar-refractivity contribution in [1.29, 1.82) is 0 Å². The summed E-state index contributed by atoms with van der Waals surface area (Å²) in [6.45, 7) is 3.46. The first-order valence-electron chi connectivity index (χ1n) is 6.38. The van der Waals surface area contributed by atoms with Gasteiger partial charge in [-0.05, 0) is 25.5 Å². The molecule has 21 heavy (non-hydrogen) atoms. The van der Waals surface area contributed by atoms with Crippen LogP contribution in [-0.4, -0.2) is 23.5 Å². The zero-order valence-corrected chi connectivity index (χ0v) is 12.1. The van der Waals surface area contributed by atoms with E-state index in [0.29, 0.717) is 22.4 Å². The van der Waals surface area contributed by atoms with Gasteiger partial charge in [0.25, 0.3) is 5.56 Å². The van der Waals surface area contributed by atoms with Gasteiger partial charge in [0, 0.05) is 24.5 Å². The minimum Gasteiger partial charge on any atom is -0.478 e. The first-order valence-corrected chi connectivity index (χ1v) is 6.38. The summed E-state index contributed by atoms with van der Waals surface area (Å²) < 4.78 is 1.26. The number of aromatic carboxylic acids is 1. The Morgan fingerprint density at radius 2 is 2.00 bits per heavy atom. The second-order valence-corrected chi connectivity index (χ2v) is 4.96. The summed E-state index contributed by atoms with van der Waals surface area (Å²) in [5.74, 6) is -1.09. The molecule has 1 aromatic carbocycles. The van der Waals surface area contributed by atoms with Gasteiger partial charge >= 0.3 is 5.97 Å². The first-order chi connectivity index (χ1) is 9.81. The Bertz CT molecular complexity index is 781. The molecule has 0 atom stereocenters. The number of hydrogen-bond donors (Lipinski definition) is 2. The van der Waals surface area contributed by atoms with Crippen LogP contribution in [0.5, 0.6) is 0 Å². The number of pyridine rings is 1. The summed E-state index contributed by atoms with van der Waals surface area (Å²) in [6.07, 6.45) is 1.31. The second kappa shape index (κ2) is 5.48. The van der Waals surface area contributed by atoms with Crippen LogP contribution in [0.1, 0.15) is 21.5 Å². The Balaban J connectivity index is 2.60. The van der Waals surface area contributed by atoms with E-state index < -0.39 is 5.97 Å². The molecule has 0 bridgehead atoms. The Labute approximate surface area is 123 Å². The van der Waals surface area contributed by atoms with Gasteiger partial charge in [0.1, 0.15) is 7.85 Å². The topological polar surface area (TPSA) is 71.3 Å². The summed E-state index contributed by atoms with van der Waals surface area (Å²) >= 11 is 0. The minimum atomic E-state index is -1.09. The molecule has 0 aliphatic heterocycles. The van der Waals surface area contributed by atoms with Crippen molar-refractivity contribution in [2.24, 2.45) is 7.05 Å². The first kappa shape index (κ1) is 14.9.